The minimum atomic E-state index is -0.176. The second-order valence-electron chi connectivity index (χ2n) is 4.80. The van der Waals surface area contributed by atoms with Crippen molar-refractivity contribution in [2.75, 3.05) is 18.8 Å². The number of hydrogen-bond acceptors (Lipinski definition) is 4. The summed E-state index contributed by atoms with van der Waals surface area (Å²) >= 11 is 1.69. The summed E-state index contributed by atoms with van der Waals surface area (Å²) < 4.78 is 13.9. The van der Waals surface area contributed by atoms with E-state index in [0.717, 1.165) is 17.7 Å². The lowest BCUT2D eigenvalue weighted by molar-refractivity contribution is 0.0755. The third-order valence-corrected chi connectivity index (χ3v) is 4.81. The summed E-state index contributed by atoms with van der Waals surface area (Å²) in [7, 11) is 0. The molecular formula is C14H15FN4OS. The topological polar surface area (TPSA) is 61.9 Å². The number of carbonyl (C=O) groups excluding carboxylic acids is 1. The van der Waals surface area contributed by atoms with E-state index in [1.54, 1.807) is 22.7 Å². The smallest absolute Gasteiger partial charge is 0.291 e. The third-order valence-electron chi connectivity index (χ3n) is 3.50. The monoisotopic (exact) mass is 306 g/mol. The van der Waals surface area contributed by atoms with Crippen LogP contribution in [0.5, 0.6) is 0 Å². The molecule has 1 unspecified atom stereocenters. The first-order valence-electron chi connectivity index (χ1n) is 6.76. The van der Waals surface area contributed by atoms with E-state index in [2.05, 4.69) is 15.2 Å². The van der Waals surface area contributed by atoms with E-state index >= 15 is 0 Å². The van der Waals surface area contributed by atoms with Crippen molar-refractivity contribution in [2.24, 2.45) is 0 Å². The Hall–Kier alpha value is -1.89. The van der Waals surface area contributed by atoms with Crippen LogP contribution in [0.1, 0.15) is 27.9 Å². The molecule has 0 spiro atoms. The predicted octanol–water partition coefficient (Wildman–Crippen LogP) is 2.26. The predicted molar refractivity (Wildman–Crippen MR) is 78.5 cm³/mol. The molecule has 21 heavy (non-hydrogen) atoms. The average molecular weight is 306 g/mol. The molecule has 1 aromatic heterocycles. The maximum Gasteiger partial charge on any atom is 0.291 e. The number of aromatic amines is 1. The van der Waals surface area contributed by atoms with E-state index in [4.69, 9.17) is 0 Å². The van der Waals surface area contributed by atoms with Crippen LogP contribution in [0.25, 0.3) is 0 Å². The molecule has 110 valence electrons. The lowest BCUT2D eigenvalue weighted by Crippen LogP contribution is -2.33. The molecule has 7 heteroatoms. The van der Waals surface area contributed by atoms with Gasteiger partial charge in [0.2, 0.25) is 5.82 Å². The summed E-state index contributed by atoms with van der Waals surface area (Å²) in [6.07, 6.45) is 2.05. The van der Waals surface area contributed by atoms with Gasteiger partial charge in [0.1, 0.15) is 12.1 Å². The van der Waals surface area contributed by atoms with Gasteiger partial charge in [-0.05, 0) is 12.5 Å². The van der Waals surface area contributed by atoms with Crippen LogP contribution < -0.4 is 0 Å². The number of H-pyrrole nitrogens is 1. The maximum absolute atomic E-state index is 13.9. The van der Waals surface area contributed by atoms with Gasteiger partial charge in [0.15, 0.2) is 0 Å². The van der Waals surface area contributed by atoms with Gasteiger partial charge in [0.05, 0.1) is 0 Å². The Morgan fingerprint density at radius 1 is 1.38 bits per heavy atom. The zero-order valence-corrected chi connectivity index (χ0v) is 12.1. The molecule has 1 aliphatic rings. The largest absolute Gasteiger partial charge is 0.335 e. The number of halogens is 1. The van der Waals surface area contributed by atoms with Crippen LogP contribution in [0.4, 0.5) is 4.39 Å². The highest BCUT2D eigenvalue weighted by molar-refractivity contribution is 7.99. The number of nitrogens with one attached hydrogen (secondary N) is 1. The number of nitrogens with zero attached hydrogens (tertiary/aromatic N) is 3. The molecule has 3 rings (SSSR count). The molecule has 1 atom stereocenters. The van der Waals surface area contributed by atoms with E-state index in [1.807, 2.05) is 12.1 Å². The number of hydrogen-bond donors (Lipinski definition) is 1. The second-order valence-corrected chi connectivity index (χ2v) is 6.11. The summed E-state index contributed by atoms with van der Waals surface area (Å²) in [5.74, 6) is 0.704. The van der Waals surface area contributed by atoms with Gasteiger partial charge < -0.3 is 4.90 Å². The summed E-state index contributed by atoms with van der Waals surface area (Å²) in [5.41, 5.74) is 0.719. The first-order chi connectivity index (χ1) is 10.3. The standard InChI is InChI=1S/C14H15FN4OS/c15-11-4-2-1-3-10(11)12-5-6-19(7-8-21-12)14(20)13-16-9-17-18-13/h1-4,9,12H,5-8H2,(H,16,17,18). The van der Waals surface area contributed by atoms with Crippen molar-refractivity contribution >= 4 is 17.7 Å². The molecule has 1 aromatic carbocycles. The molecule has 2 aromatic rings. The van der Waals surface area contributed by atoms with Gasteiger partial charge in [-0.3, -0.25) is 9.89 Å². The van der Waals surface area contributed by atoms with E-state index < -0.39 is 0 Å². The first kappa shape index (κ1) is 14.1. The highest BCUT2D eigenvalue weighted by Gasteiger charge is 2.25. The molecule has 2 heterocycles. The molecule has 0 bridgehead atoms. The number of rotatable bonds is 2. The van der Waals surface area contributed by atoms with E-state index in [0.29, 0.717) is 13.1 Å². The number of benzene rings is 1. The fraction of sp³-hybridized carbons (Fsp3) is 0.357. The van der Waals surface area contributed by atoms with Gasteiger partial charge in [-0.1, -0.05) is 18.2 Å². The van der Waals surface area contributed by atoms with Crippen LogP contribution >= 0.6 is 11.8 Å². The fourth-order valence-electron chi connectivity index (χ4n) is 2.42. The Morgan fingerprint density at radius 3 is 3.00 bits per heavy atom. The van der Waals surface area contributed by atoms with Gasteiger partial charge in [-0.2, -0.15) is 16.9 Å². The summed E-state index contributed by atoms with van der Waals surface area (Å²) in [6.45, 7) is 1.22. The Morgan fingerprint density at radius 2 is 2.24 bits per heavy atom. The van der Waals surface area contributed by atoms with Gasteiger partial charge in [0.25, 0.3) is 5.91 Å². The van der Waals surface area contributed by atoms with Crippen molar-refractivity contribution in [2.45, 2.75) is 11.7 Å². The zero-order chi connectivity index (χ0) is 14.7. The minimum absolute atomic E-state index is 0.0822. The van der Waals surface area contributed by atoms with Gasteiger partial charge in [-0.15, -0.1) is 0 Å². The van der Waals surface area contributed by atoms with Crippen molar-refractivity contribution in [1.29, 1.82) is 0 Å². The second kappa shape index (κ2) is 6.26. The molecule has 1 amide bonds. The van der Waals surface area contributed by atoms with Crippen LogP contribution in [0.2, 0.25) is 0 Å². The lowest BCUT2D eigenvalue weighted by atomic mass is 10.1. The number of aromatic nitrogens is 3. The lowest BCUT2D eigenvalue weighted by Gasteiger charge is -2.18. The molecule has 1 fully saturated rings. The van der Waals surface area contributed by atoms with Gasteiger partial charge >= 0.3 is 0 Å². The molecule has 0 saturated carbocycles. The Kier molecular flexibility index (Phi) is 4.19. The quantitative estimate of drug-likeness (QED) is 0.924. The highest BCUT2D eigenvalue weighted by Crippen LogP contribution is 2.35. The Balaban J connectivity index is 1.70. The zero-order valence-electron chi connectivity index (χ0n) is 11.3. The first-order valence-corrected chi connectivity index (χ1v) is 7.81. The van der Waals surface area contributed by atoms with Crippen LogP contribution in [-0.2, 0) is 0 Å². The van der Waals surface area contributed by atoms with Gasteiger partial charge in [0, 0.05) is 29.7 Å². The van der Waals surface area contributed by atoms with Crippen molar-refractivity contribution in [3.8, 4) is 0 Å². The van der Waals surface area contributed by atoms with Crippen molar-refractivity contribution in [3.63, 3.8) is 0 Å². The third kappa shape index (κ3) is 3.07. The molecule has 5 nitrogen and oxygen atoms in total. The number of thioether (sulfide) groups is 1. The summed E-state index contributed by atoms with van der Waals surface area (Å²) in [5, 5.41) is 6.37. The van der Waals surface area contributed by atoms with Crippen LogP contribution in [-0.4, -0.2) is 44.8 Å². The van der Waals surface area contributed by atoms with Crippen LogP contribution in [0, 0.1) is 5.82 Å². The van der Waals surface area contributed by atoms with Crippen LogP contribution in [0.15, 0.2) is 30.6 Å². The van der Waals surface area contributed by atoms with Crippen molar-refractivity contribution in [3.05, 3.63) is 47.8 Å². The van der Waals surface area contributed by atoms with E-state index in [1.165, 1.54) is 12.4 Å². The SMILES string of the molecule is O=C(c1ncn[nH]1)N1CCSC(c2ccccc2F)CC1. The normalized spacial score (nSPS) is 19.3. The average Bonchev–Trinajstić information content (AvgIpc) is 2.92. The summed E-state index contributed by atoms with van der Waals surface area (Å²) in [4.78, 5) is 17.9. The Bertz CT molecular complexity index is 619. The maximum atomic E-state index is 13.9. The minimum Gasteiger partial charge on any atom is -0.335 e. The van der Waals surface area contributed by atoms with E-state index in [9.17, 15) is 9.18 Å². The summed E-state index contributed by atoms with van der Waals surface area (Å²) in [6, 6.07) is 6.85. The molecule has 1 N–H and O–H groups in total. The van der Waals surface area contributed by atoms with Crippen LogP contribution in [0.3, 0.4) is 0 Å². The molecular weight excluding hydrogens is 291 g/mol. The van der Waals surface area contributed by atoms with E-state index in [-0.39, 0.29) is 22.8 Å². The van der Waals surface area contributed by atoms with Gasteiger partial charge in [-0.25, -0.2) is 9.37 Å². The number of carbonyl (C=O) groups is 1. The molecule has 0 aliphatic carbocycles. The highest BCUT2D eigenvalue weighted by atomic mass is 32.2. The Labute approximate surface area is 125 Å². The molecule has 1 aliphatic heterocycles. The molecule has 1 saturated heterocycles. The van der Waals surface area contributed by atoms with Crippen molar-refractivity contribution < 1.29 is 9.18 Å². The number of amides is 1. The fourth-order valence-corrected chi connectivity index (χ4v) is 3.67. The van der Waals surface area contributed by atoms with Crippen molar-refractivity contribution in [1.82, 2.24) is 20.1 Å². The molecule has 0 radical (unpaired) electrons.